The van der Waals surface area contributed by atoms with Crippen molar-refractivity contribution < 1.29 is 4.74 Å². The number of halogens is 1. The quantitative estimate of drug-likeness (QED) is 0.562. The predicted octanol–water partition coefficient (Wildman–Crippen LogP) is 3.01. The van der Waals surface area contributed by atoms with Gasteiger partial charge in [-0.2, -0.15) is 4.98 Å². The van der Waals surface area contributed by atoms with E-state index >= 15 is 0 Å². The van der Waals surface area contributed by atoms with E-state index in [4.69, 9.17) is 22.2 Å². The summed E-state index contributed by atoms with van der Waals surface area (Å²) in [6.07, 6.45) is 6.15. The van der Waals surface area contributed by atoms with E-state index in [2.05, 4.69) is 29.2 Å². The highest BCUT2D eigenvalue weighted by atomic mass is 35.5. The van der Waals surface area contributed by atoms with Crippen molar-refractivity contribution in [1.29, 1.82) is 0 Å². The molecule has 0 saturated carbocycles. The molecule has 0 aromatic carbocycles. The molecule has 0 radical (unpaired) electrons. The molecule has 1 unspecified atom stereocenters. The molecule has 0 bridgehead atoms. The molecule has 0 aliphatic rings. The third-order valence-corrected chi connectivity index (χ3v) is 3.10. The SMILES string of the molecule is CCCCC(CC)COc1nc(NN)ncc1Cl. The Morgan fingerprint density at radius 3 is 2.89 bits per heavy atom. The van der Waals surface area contributed by atoms with Crippen LogP contribution in [0, 0.1) is 5.92 Å². The molecule has 5 nitrogen and oxygen atoms in total. The van der Waals surface area contributed by atoms with Gasteiger partial charge in [0.2, 0.25) is 11.8 Å². The zero-order valence-electron chi connectivity index (χ0n) is 10.9. The van der Waals surface area contributed by atoms with Crippen LogP contribution in [0.15, 0.2) is 6.20 Å². The van der Waals surface area contributed by atoms with Gasteiger partial charge in [-0.15, -0.1) is 0 Å². The van der Waals surface area contributed by atoms with Crippen LogP contribution in [-0.2, 0) is 0 Å². The summed E-state index contributed by atoms with van der Waals surface area (Å²) >= 11 is 5.97. The number of anilines is 1. The largest absolute Gasteiger partial charge is 0.476 e. The van der Waals surface area contributed by atoms with Crippen LogP contribution in [0.4, 0.5) is 5.95 Å². The average Bonchev–Trinajstić information content (AvgIpc) is 2.40. The second kappa shape index (κ2) is 8.11. The van der Waals surface area contributed by atoms with Crippen LogP contribution in [0.5, 0.6) is 5.88 Å². The molecule has 0 amide bonds. The topological polar surface area (TPSA) is 73.1 Å². The minimum atomic E-state index is 0.302. The monoisotopic (exact) mass is 272 g/mol. The molecule has 6 heteroatoms. The zero-order valence-corrected chi connectivity index (χ0v) is 11.7. The summed E-state index contributed by atoms with van der Waals surface area (Å²) < 4.78 is 5.65. The summed E-state index contributed by atoms with van der Waals surface area (Å²) in [5.74, 6) is 6.46. The van der Waals surface area contributed by atoms with E-state index < -0.39 is 0 Å². The molecule has 102 valence electrons. The molecule has 0 aliphatic carbocycles. The fourth-order valence-electron chi connectivity index (χ4n) is 1.62. The van der Waals surface area contributed by atoms with E-state index in [9.17, 15) is 0 Å². The summed E-state index contributed by atoms with van der Waals surface area (Å²) in [7, 11) is 0. The molecule has 1 atom stereocenters. The molecule has 18 heavy (non-hydrogen) atoms. The molecular weight excluding hydrogens is 252 g/mol. The van der Waals surface area contributed by atoms with Gasteiger partial charge >= 0.3 is 0 Å². The molecule has 0 aliphatic heterocycles. The number of ether oxygens (including phenoxy) is 1. The maximum absolute atomic E-state index is 5.97. The van der Waals surface area contributed by atoms with E-state index in [-0.39, 0.29) is 0 Å². The first kappa shape index (κ1) is 15.0. The molecule has 1 heterocycles. The number of nitrogen functional groups attached to an aromatic ring is 1. The highest BCUT2D eigenvalue weighted by Gasteiger charge is 2.10. The first-order chi connectivity index (χ1) is 8.71. The van der Waals surface area contributed by atoms with Crippen molar-refractivity contribution in [3.8, 4) is 5.88 Å². The molecule has 3 N–H and O–H groups in total. The van der Waals surface area contributed by atoms with Crippen molar-refractivity contribution in [3.05, 3.63) is 11.2 Å². The van der Waals surface area contributed by atoms with E-state index in [1.165, 1.54) is 19.0 Å². The van der Waals surface area contributed by atoms with Gasteiger partial charge in [-0.05, 0) is 12.3 Å². The van der Waals surface area contributed by atoms with Crippen molar-refractivity contribution in [1.82, 2.24) is 9.97 Å². The van der Waals surface area contributed by atoms with Crippen LogP contribution in [0.2, 0.25) is 5.02 Å². The summed E-state index contributed by atoms with van der Waals surface area (Å²) in [6.45, 7) is 4.98. The highest BCUT2D eigenvalue weighted by Crippen LogP contribution is 2.23. The van der Waals surface area contributed by atoms with Gasteiger partial charge in [-0.1, -0.05) is 44.7 Å². The van der Waals surface area contributed by atoms with Crippen LogP contribution < -0.4 is 16.0 Å². The van der Waals surface area contributed by atoms with Gasteiger partial charge in [0.25, 0.3) is 0 Å². The number of hydrazine groups is 1. The number of rotatable bonds is 8. The lowest BCUT2D eigenvalue weighted by molar-refractivity contribution is 0.226. The Bertz CT molecular complexity index is 362. The number of unbranched alkanes of at least 4 members (excludes halogenated alkanes) is 1. The standard InChI is InChI=1S/C12H21ClN4O/c1-3-5-6-9(4-2)8-18-11-10(13)7-15-12(16-11)17-14/h7,9H,3-6,8,14H2,1-2H3,(H,15,16,17). The number of hydrogen-bond acceptors (Lipinski definition) is 5. The fourth-order valence-corrected chi connectivity index (χ4v) is 1.76. The Morgan fingerprint density at radius 2 is 2.28 bits per heavy atom. The molecule has 0 fully saturated rings. The lowest BCUT2D eigenvalue weighted by Gasteiger charge is -2.15. The lowest BCUT2D eigenvalue weighted by Crippen LogP contribution is -2.14. The smallest absolute Gasteiger partial charge is 0.240 e. The van der Waals surface area contributed by atoms with E-state index in [0.717, 1.165) is 12.8 Å². The van der Waals surface area contributed by atoms with Gasteiger partial charge in [-0.25, -0.2) is 10.8 Å². The first-order valence-corrected chi connectivity index (χ1v) is 6.71. The summed E-state index contributed by atoms with van der Waals surface area (Å²) in [5.41, 5.74) is 2.37. The Kier molecular flexibility index (Phi) is 6.75. The maximum atomic E-state index is 5.97. The van der Waals surface area contributed by atoms with Gasteiger partial charge in [0, 0.05) is 0 Å². The second-order valence-electron chi connectivity index (χ2n) is 4.22. The van der Waals surface area contributed by atoms with Gasteiger partial charge in [-0.3, -0.25) is 5.43 Å². The number of nitrogens with zero attached hydrogens (tertiary/aromatic N) is 2. The molecule has 1 aromatic heterocycles. The zero-order chi connectivity index (χ0) is 13.4. The second-order valence-corrected chi connectivity index (χ2v) is 4.63. The predicted molar refractivity (Wildman–Crippen MR) is 73.7 cm³/mol. The summed E-state index contributed by atoms with van der Waals surface area (Å²) in [6, 6.07) is 0. The van der Waals surface area contributed by atoms with Crippen molar-refractivity contribution in [2.75, 3.05) is 12.0 Å². The molecular formula is C12H21ClN4O. The Hall–Kier alpha value is -1.07. The van der Waals surface area contributed by atoms with E-state index in [0.29, 0.717) is 29.4 Å². The molecule has 1 aromatic rings. The number of nitrogens with one attached hydrogen (secondary N) is 1. The first-order valence-electron chi connectivity index (χ1n) is 6.33. The normalized spacial score (nSPS) is 12.2. The fraction of sp³-hybridized carbons (Fsp3) is 0.667. The minimum Gasteiger partial charge on any atom is -0.476 e. The highest BCUT2D eigenvalue weighted by molar-refractivity contribution is 6.31. The van der Waals surface area contributed by atoms with Crippen molar-refractivity contribution in [2.24, 2.45) is 11.8 Å². The Balaban J connectivity index is 2.55. The van der Waals surface area contributed by atoms with Crippen LogP contribution >= 0.6 is 11.6 Å². The summed E-state index contributed by atoms with van der Waals surface area (Å²) in [5, 5.41) is 0.402. The van der Waals surface area contributed by atoms with Crippen LogP contribution in [0.3, 0.4) is 0 Å². The number of hydrogen-bond donors (Lipinski definition) is 2. The van der Waals surface area contributed by atoms with Crippen LogP contribution in [-0.4, -0.2) is 16.6 Å². The third-order valence-electron chi connectivity index (χ3n) is 2.84. The Labute approximate surface area is 113 Å². The number of aromatic nitrogens is 2. The van der Waals surface area contributed by atoms with Gasteiger partial charge in [0.1, 0.15) is 5.02 Å². The minimum absolute atomic E-state index is 0.302. The molecule has 1 rings (SSSR count). The van der Waals surface area contributed by atoms with Crippen molar-refractivity contribution >= 4 is 17.5 Å². The Morgan fingerprint density at radius 1 is 1.50 bits per heavy atom. The van der Waals surface area contributed by atoms with Gasteiger partial charge in [0.05, 0.1) is 12.8 Å². The summed E-state index contributed by atoms with van der Waals surface area (Å²) in [4.78, 5) is 7.97. The lowest BCUT2D eigenvalue weighted by atomic mass is 10.0. The van der Waals surface area contributed by atoms with Gasteiger partial charge in [0.15, 0.2) is 0 Å². The number of nitrogens with two attached hydrogens (primary N) is 1. The maximum Gasteiger partial charge on any atom is 0.240 e. The molecule has 0 saturated heterocycles. The van der Waals surface area contributed by atoms with Crippen molar-refractivity contribution in [3.63, 3.8) is 0 Å². The van der Waals surface area contributed by atoms with Gasteiger partial charge < -0.3 is 4.74 Å². The molecule has 0 spiro atoms. The van der Waals surface area contributed by atoms with Crippen molar-refractivity contribution in [2.45, 2.75) is 39.5 Å². The van der Waals surface area contributed by atoms with Crippen LogP contribution in [0.1, 0.15) is 39.5 Å². The third kappa shape index (κ3) is 4.66. The van der Waals surface area contributed by atoms with E-state index in [1.54, 1.807) is 0 Å². The van der Waals surface area contributed by atoms with E-state index in [1.807, 2.05) is 0 Å². The average molecular weight is 273 g/mol. The van der Waals surface area contributed by atoms with Crippen LogP contribution in [0.25, 0.3) is 0 Å².